The Hall–Kier alpha value is -6.78. The maximum atomic E-state index is 14.4. The third-order valence-electron chi connectivity index (χ3n) is 14.9. The van der Waals surface area contributed by atoms with E-state index >= 15 is 0 Å². The number of benzene rings is 3. The standard InChI is InChI=1S/C59H80Cl2N10O19S/c1-59(2)39-89-20-17-70(59)58(80)55-47-37-90-50-32-49(84-3)45(31-46(50)56(47)71(65-55)44-29-41(60)28-42(61)30-44)40-5-4-6-43(27-40)62-7-18-85-21-23-87-25-26-88-24-22-86-19-8-63-57(79)48(38-91(81,82)83)64-51(72)33-66-9-11-67(34-52(73)74)13-15-69(36-54(77)78)16-14-68(12-10-66)35-53(75)76/h4-6,27-32,48,62H,7-26,33-39H2,1-3H3,(H,63,79)(H,64,72)(H,73,74)(H,75,76)(H,77,78)(H,81,82,83). The summed E-state index contributed by atoms with van der Waals surface area (Å²) in [5.41, 5.74) is 4.69. The molecule has 29 nitrogen and oxygen atoms in total. The van der Waals surface area contributed by atoms with Crippen molar-refractivity contribution in [2.24, 2.45) is 0 Å². The highest BCUT2D eigenvalue weighted by Gasteiger charge is 2.40. The maximum absolute atomic E-state index is 14.4. The number of anilines is 1. The summed E-state index contributed by atoms with van der Waals surface area (Å²) in [7, 11) is -3.17. The molecule has 0 aliphatic carbocycles. The third-order valence-corrected chi connectivity index (χ3v) is 16.1. The van der Waals surface area contributed by atoms with Gasteiger partial charge >= 0.3 is 17.9 Å². The molecule has 4 aromatic rings. The monoisotopic (exact) mass is 1330 g/mol. The molecule has 0 spiro atoms. The first kappa shape index (κ1) is 71.7. The summed E-state index contributed by atoms with van der Waals surface area (Å²) in [6.07, 6.45) is 0. The number of fused-ring (bicyclic) bond motifs is 3. The van der Waals surface area contributed by atoms with Gasteiger partial charge in [-0.2, -0.15) is 13.5 Å². The first-order valence-electron chi connectivity index (χ1n) is 29.5. The van der Waals surface area contributed by atoms with Gasteiger partial charge in [0, 0.05) is 110 Å². The zero-order chi connectivity index (χ0) is 65.7. The molecule has 0 saturated carbocycles. The number of carboxylic acid groups (broad SMARTS) is 3. The second-order valence-corrected chi connectivity index (χ2v) is 24.6. The van der Waals surface area contributed by atoms with Gasteiger partial charge in [-0.1, -0.05) is 35.3 Å². The minimum absolute atomic E-state index is 0.00508. The number of amides is 3. The normalized spacial score (nSPS) is 16.5. The highest BCUT2D eigenvalue weighted by atomic mass is 35.5. The van der Waals surface area contributed by atoms with Crippen LogP contribution in [0, 0.1) is 0 Å². The van der Waals surface area contributed by atoms with E-state index in [1.165, 1.54) is 0 Å². The van der Waals surface area contributed by atoms with Gasteiger partial charge in [-0.3, -0.25) is 52.9 Å². The van der Waals surface area contributed by atoms with Crippen LogP contribution in [-0.2, 0) is 64.4 Å². The van der Waals surface area contributed by atoms with Gasteiger partial charge in [0.2, 0.25) is 11.8 Å². The Bertz CT molecular complexity index is 3220. The predicted molar refractivity (Wildman–Crippen MR) is 333 cm³/mol. The number of methoxy groups -OCH3 is 1. The Balaban J connectivity index is 0.806. The summed E-state index contributed by atoms with van der Waals surface area (Å²) in [6.45, 7) is 7.10. The summed E-state index contributed by atoms with van der Waals surface area (Å²) in [5, 5.41) is 42.4. The van der Waals surface area contributed by atoms with Crippen LogP contribution in [0.2, 0.25) is 10.0 Å². The molecule has 1 aromatic heterocycles. The highest BCUT2D eigenvalue weighted by molar-refractivity contribution is 7.85. The number of nitrogens with zero attached hydrogens (tertiary/aromatic N) is 7. The topological polar surface area (TPSA) is 352 Å². The number of nitrogens with one attached hydrogen (secondary N) is 3. The number of aromatic nitrogens is 2. The number of ether oxygens (including phenoxy) is 7. The second kappa shape index (κ2) is 34.8. The van der Waals surface area contributed by atoms with Crippen LogP contribution in [0.5, 0.6) is 11.5 Å². The van der Waals surface area contributed by atoms with Crippen molar-refractivity contribution in [1.29, 1.82) is 0 Å². The maximum Gasteiger partial charge on any atom is 0.317 e. The molecule has 91 heavy (non-hydrogen) atoms. The van der Waals surface area contributed by atoms with E-state index in [1.807, 2.05) is 50.2 Å². The Labute approximate surface area is 537 Å². The number of halogens is 2. The van der Waals surface area contributed by atoms with Gasteiger partial charge in [0.1, 0.15) is 29.9 Å². The molecular weight excluding hydrogens is 1260 g/mol. The number of aliphatic carboxylic acids is 3. The van der Waals surface area contributed by atoms with Crippen molar-refractivity contribution in [3.63, 3.8) is 0 Å². The quantitative estimate of drug-likeness (QED) is 0.0272. The van der Waals surface area contributed by atoms with Gasteiger partial charge in [-0.05, 0) is 55.8 Å². The van der Waals surface area contributed by atoms with Crippen LogP contribution in [-0.4, -0.2) is 287 Å². The van der Waals surface area contributed by atoms with Crippen molar-refractivity contribution in [3.05, 3.63) is 75.9 Å². The fourth-order valence-electron chi connectivity index (χ4n) is 10.5. The molecule has 0 radical (unpaired) electrons. The van der Waals surface area contributed by atoms with E-state index in [2.05, 4.69) is 16.0 Å². The minimum atomic E-state index is -4.77. The molecule has 0 bridgehead atoms. The first-order valence-corrected chi connectivity index (χ1v) is 31.9. The predicted octanol–water partition coefficient (Wildman–Crippen LogP) is 2.11. The number of hydrogen-bond acceptors (Lipinski definition) is 21. The molecule has 32 heteroatoms. The van der Waals surface area contributed by atoms with Crippen LogP contribution in [0.1, 0.15) is 29.9 Å². The van der Waals surface area contributed by atoms with Crippen molar-refractivity contribution < 1.29 is 90.2 Å². The SMILES string of the molecule is COc1cc2c(cc1-c1cccc(NCCOCCOCCOCCOCCNC(=O)C(CS(=O)(=O)O)NC(=O)CN3CCN(CC(=O)O)CCN(CC(=O)O)CCN(CC(=O)O)CC3)c1)-c1c(c(C(=O)N3CCOCC3(C)C)nn1-c1cc(Cl)cc(Cl)c1)CO2. The molecule has 3 aliphatic heterocycles. The highest BCUT2D eigenvalue weighted by Crippen LogP contribution is 2.47. The molecule has 3 aliphatic rings. The average Bonchev–Trinajstić information content (AvgIpc) is 1.63. The van der Waals surface area contributed by atoms with E-state index in [-0.39, 0.29) is 130 Å². The molecule has 7 N–H and O–H groups in total. The van der Waals surface area contributed by atoms with E-state index in [1.54, 1.807) is 54.5 Å². The Morgan fingerprint density at radius 3 is 1.76 bits per heavy atom. The molecule has 1 unspecified atom stereocenters. The summed E-state index contributed by atoms with van der Waals surface area (Å²) in [4.78, 5) is 83.7. The molecule has 3 aromatic carbocycles. The minimum Gasteiger partial charge on any atom is -0.496 e. The smallest absolute Gasteiger partial charge is 0.317 e. The van der Waals surface area contributed by atoms with Crippen molar-refractivity contribution in [2.45, 2.75) is 32.0 Å². The van der Waals surface area contributed by atoms with Crippen molar-refractivity contribution >= 4 is 74.6 Å². The van der Waals surface area contributed by atoms with Crippen molar-refractivity contribution in [1.82, 2.24) is 44.9 Å². The van der Waals surface area contributed by atoms with Crippen LogP contribution in [0.4, 0.5) is 5.69 Å². The lowest BCUT2D eigenvalue weighted by Crippen LogP contribution is -2.55. The Morgan fingerprint density at radius 2 is 1.23 bits per heavy atom. The van der Waals surface area contributed by atoms with Crippen LogP contribution in [0.15, 0.2) is 54.6 Å². The van der Waals surface area contributed by atoms with Gasteiger partial charge in [-0.25, -0.2) is 4.68 Å². The number of rotatable bonds is 32. The van der Waals surface area contributed by atoms with Crippen LogP contribution in [0.25, 0.3) is 28.1 Å². The molecule has 3 amide bonds. The van der Waals surface area contributed by atoms with Crippen molar-refractivity contribution in [3.8, 4) is 39.6 Å². The zero-order valence-corrected chi connectivity index (χ0v) is 53.4. The van der Waals surface area contributed by atoms with Crippen molar-refractivity contribution in [2.75, 3.05) is 182 Å². The lowest BCUT2D eigenvalue weighted by Gasteiger charge is -2.41. The van der Waals surface area contributed by atoms with Gasteiger partial charge in [0.25, 0.3) is 16.0 Å². The molecular formula is C59H80Cl2N10O19S. The van der Waals surface area contributed by atoms with Gasteiger partial charge in [0.05, 0.1) is 116 Å². The van der Waals surface area contributed by atoms with Crippen LogP contribution >= 0.6 is 23.2 Å². The molecule has 500 valence electrons. The molecule has 4 heterocycles. The summed E-state index contributed by atoms with van der Waals surface area (Å²) < 4.78 is 75.7. The summed E-state index contributed by atoms with van der Waals surface area (Å²) >= 11 is 13.0. The van der Waals surface area contributed by atoms with Gasteiger partial charge < -0.3 is 69.3 Å². The van der Waals surface area contributed by atoms with E-state index < -0.39 is 63.7 Å². The third kappa shape index (κ3) is 22.5. The fraction of sp³-hybridized carbons (Fsp3) is 0.542. The fourth-order valence-corrected chi connectivity index (χ4v) is 11.6. The lowest BCUT2D eigenvalue weighted by molar-refractivity contribution is -0.140. The van der Waals surface area contributed by atoms with Crippen LogP contribution < -0.4 is 25.4 Å². The Kier molecular flexibility index (Phi) is 27.4. The largest absolute Gasteiger partial charge is 0.496 e. The molecule has 2 fully saturated rings. The van der Waals surface area contributed by atoms with E-state index in [0.29, 0.717) is 90.2 Å². The molecule has 1 atom stereocenters. The Morgan fingerprint density at radius 1 is 0.692 bits per heavy atom. The van der Waals surface area contributed by atoms with Gasteiger partial charge in [-0.15, -0.1) is 0 Å². The van der Waals surface area contributed by atoms with E-state index in [4.69, 9.17) is 61.5 Å². The number of carbonyl (C=O) groups is 6. The van der Waals surface area contributed by atoms with E-state index in [0.717, 1.165) is 16.8 Å². The summed E-state index contributed by atoms with van der Waals surface area (Å²) in [5.74, 6) is -5.33. The van der Waals surface area contributed by atoms with E-state index in [9.17, 15) is 57.1 Å². The zero-order valence-electron chi connectivity index (χ0n) is 51.1. The number of hydrogen-bond donors (Lipinski definition) is 7. The first-order chi connectivity index (χ1) is 43.5. The number of carbonyl (C=O) groups excluding carboxylic acids is 3. The van der Waals surface area contributed by atoms with Crippen LogP contribution in [0.3, 0.4) is 0 Å². The molecule has 2 saturated heterocycles. The molecule has 7 rings (SSSR count). The average molecular weight is 1340 g/mol. The van der Waals surface area contributed by atoms with Gasteiger partial charge in [0.15, 0.2) is 5.69 Å². The number of morpholine rings is 1. The number of carboxylic acids is 3. The second-order valence-electron chi connectivity index (χ2n) is 22.3. The summed E-state index contributed by atoms with van der Waals surface area (Å²) in [6, 6.07) is 15.1. The lowest BCUT2D eigenvalue weighted by atomic mass is 9.95.